The topological polar surface area (TPSA) is 38.0 Å². The first-order chi connectivity index (χ1) is 21.2. The molecule has 198 valence electrons. The molecule has 3 heterocycles. The van der Waals surface area contributed by atoms with Gasteiger partial charge in [0.2, 0.25) is 0 Å². The normalized spacial score (nSPS) is 11.7. The second-order valence-corrected chi connectivity index (χ2v) is 11.9. The number of hydrogen-bond donors (Lipinski definition) is 0. The van der Waals surface area contributed by atoms with E-state index in [9.17, 15) is 5.26 Å². The molecule has 0 bridgehead atoms. The van der Waals surface area contributed by atoms with E-state index in [2.05, 4.69) is 111 Å². The van der Waals surface area contributed by atoms with Gasteiger partial charge in [-0.15, -0.1) is 11.3 Å². The standard InChI is InChI=1S/C38H20N4S/c1-40-24-14-16-36-30(19-24)29-10-4-7-13-35(29)41(36)25-15-17-37-31(20-25)32-21-26(18-23(22-39)38(32)43-37)42-33-11-5-2-8-27(33)28-9-3-6-12-34(28)42/h2-21H. The summed E-state index contributed by atoms with van der Waals surface area (Å²) in [6.07, 6.45) is 0. The first-order valence-electron chi connectivity index (χ1n) is 14.0. The van der Waals surface area contributed by atoms with Gasteiger partial charge in [0.1, 0.15) is 6.07 Å². The maximum atomic E-state index is 10.3. The van der Waals surface area contributed by atoms with Crippen molar-refractivity contribution in [2.24, 2.45) is 0 Å². The largest absolute Gasteiger partial charge is 0.309 e. The zero-order valence-electron chi connectivity index (χ0n) is 22.7. The van der Waals surface area contributed by atoms with E-state index in [1.807, 2.05) is 30.3 Å². The van der Waals surface area contributed by atoms with Gasteiger partial charge in [0.15, 0.2) is 5.69 Å². The van der Waals surface area contributed by atoms with Crippen molar-refractivity contribution in [2.45, 2.75) is 0 Å². The van der Waals surface area contributed by atoms with Crippen molar-refractivity contribution in [3.8, 4) is 17.4 Å². The third-order valence-electron chi connectivity index (χ3n) is 8.54. The Morgan fingerprint density at radius 1 is 0.558 bits per heavy atom. The summed E-state index contributed by atoms with van der Waals surface area (Å²) >= 11 is 1.67. The summed E-state index contributed by atoms with van der Waals surface area (Å²) in [6, 6.07) is 44.6. The number of nitriles is 1. The number of rotatable bonds is 2. The monoisotopic (exact) mass is 564 g/mol. The number of hydrogen-bond acceptors (Lipinski definition) is 2. The molecule has 0 N–H and O–H groups in total. The fourth-order valence-electron chi connectivity index (χ4n) is 6.71. The van der Waals surface area contributed by atoms with Crippen LogP contribution in [0.3, 0.4) is 0 Å². The second-order valence-electron chi connectivity index (χ2n) is 10.8. The van der Waals surface area contributed by atoms with Gasteiger partial charge in [-0.2, -0.15) is 5.26 Å². The van der Waals surface area contributed by atoms with Gasteiger partial charge in [0, 0.05) is 43.0 Å². The van der Waals surface area contributed by atoms with Gasteiger partial charge in [0.25, 0.3) is 0 Å². The van der Waals surface area contributed by atoms with Crippen LogP contribution in [0, 0.1) is 17.9 Å². The number of nitrogens with zero attached hydrogens (tertiary/aromatic N) is 4. The van der Waals surface area contributed by atoms with Gasteiger partial charge < -0.3 is 9.13 Å². The Bertz CT molecular complexity index is 2650. The molecule has 0 atom stereocenters. The van der Waals surface area contributed by atoms with Crippen LogP contribution in [-0.2, 0) is 0 Å². The second kappa shape index (κ2) is 8.81. The van der Waals surface area contributed by atoms with Crippen LogP contribution >= 0.6 is 11.3 Å². The number of fused-ring (bicyclic) bond motifs is 9. The smallest absolute Gasteiger partial charge is 0.188 e. The van der Waals surface area contributed by atoms with Crippen LogP contribution in [0.15, 0.2) is 121 Å². The quantitative estimate of drug-likeness (QED) is 0.192. The minimum atomic E-state index is 0.635. The zero-order chi connectivity index (χ0) is 28.7. The third kappa shape index (κ3) is 3.29. The van der Waals surface area contributed by atoms with E-state index < -0.39 is 0 Å². The van der Waals surface area contributed by atoms with Gasteiger partial charge in [-0.25, -0.2) is 4.85 Å². The lowest BCUT2D eigenvalue weighted by Crippen LogP contribution is -1.95. The van der Waals surface area contributed by atoms with Crippen molar-refractivity contribution in [3.05, 3.63) is 138 Å². The van der Waals surface area contributed by atoms with Crippen molar-refractivity contribution in [2.75, 3.05) is 0 Å². The summed E-state index contributed by atoms with van der Waals surface area (Å²) in [7, 11) is 0. The van der Waals surface area contributed by atoms with E-state index in [1.165, 1.54) is 10.8 Å². The van der Waals surface area contributed by atoms with Crippen molar-refractivity contribution in [1.82, 2.24) is 9.13 Å². The minimum Gasteiger partial charge on any atom is -0.309 e. The summed E-state index contributed by atoms with van der Waals surface area (Å²) in [4.78, 5) is 3.67. The highest BCUT2D eigenvalue weighted by molar-refractivity contribution is 7.26. The molecule has 0 spiro atoms. The SMILES string of the molecule is [C-]#[N+]c1ccc2c(c1)c1ccccc1n2-c1ccc2sc3c(C#N)cc(-n4c5ccccc5c5ccccc54)cc3c2c1. The fraction of sp³-hybridized carbons (Fsp3) is 0. The van der Waals surface area contributed by atoms with Crippen molar-refractivity contribution >= 4 is 80.8 Å². The summed E-state index contributed by atoms with van der Waals surface area (Å²) < 4.78 is 6.71. The molecule has 43 heavy (non-hydrogen) atoms. The molecule has 0 radical (unpaired) electrons. The summed E-state index contributed by atoms with van der Waals surface area (Å²) in [5, 5.41) is 17.1. The Morgan fingerprint density at radius 2 is 1.14 bits per heavy atom. The molecular formula is C38H20N4S. The van der Waals surface area contributed by atoms with Crippen molar-refractivity contribution < 1.29 is 0 Å². The molecule has 0 aliphatic rings. The van der Waals surface area contributed by atoms with Crippen LogP contribution < -0.4 is 0 Å². The Morgan fingerprint density at radius 3 is 1.79 bits per heavy atom. The van der Waals surface area contributed by atoms with Crippen molar-refractivity contribution in [3.63, 3.8) is 0 Å². The van der Waals surface area contributed by atoms with Crippen LogP contribution in [0.25, 0.3) is 80.0 Å². The van der Waals surface area contributed by atoms with Gasteiger partial charge in [-0.05, 0) is 66.0 Å². The molecule has 0 fully saturated rings. The predicted octanol–water partition coefficient (Wildman–Crippen LogP) is 10.7. The van der Waals surface area contributed by atoms with Gasteiger partial charge in [-0.1, -0.05) is 60.7 Å². The molecule has 0 saturated heterocycles. The van der Waals surface area contributed by atoms with Crippen LogP contribution in [0.2, 0.25) is 0 Å². The lowest BCUT2D eigenvalue weighted by Gasteiger charge is -2.10. The van der Waals surface area contributed by atoms with Crippen LogP contribution in [0.5, 0.6) is 0 Å². The minimum absolute atomic E-state index is 0.635. The van der Waals surface area contributed by atoms with E-state index in [4.69, 9.17) is 6.57 Å². The van der Waals surface area contributed by atoms with Gasteiger partial charge in [-0.3, -0.25) is 0 Å². The number of benzene rings is 6. The molecule has 6 aromatic carbocycles. The average Bonchev–Trinajstić information content (AvgIpc) is 3.71. The number of aromatic nitrogens is 2. The molecular weight excluding hydrogens is 545 g/mol. The number of para-hydroxylation sites is 3. The molecule has 0 amide bonds. The van der Waals surface area contributed by atoms with Crippen LogP contribution in [0.1, 0.15) is 5.56 Å². The fourth-order valence-corrected chi connectivity index (χ4v) is 7.84. The summed E-state index contributed by atoms with van der Waals surface area (Å²) in [5.74, 6) is 0. The summed E-state index contributed by atoms with van der Waals surface area (Å²) in [6.45, 7) is 7.53. The van der Waals surface area contributed by atoms with Gasteiger partial charge in [0.05, 0.1) is 38.9 Å². The average molecular weight is 565 g/mol. The molecule has 9 rings (SSSR count). The van der Waals surface area contributed by atoms with Crippen LogP contribution in [-0.4, -0.2) is 9.13 Å². The van der Waals surface area contributed by atoms with Gasteiger partial charge >= 0.3 is 0 Å². The highest BCUT2D eigenvalue weighted by Crippen LogP contribution is 2.42. The first kappa shape index (κ1) is 23.8. The Kier molecular flexibility index (Phi) is 4.87. The third-order valence-corrected chi connectivity index (χ3v) is 9.76. The lowest BCUT2D eigenvalue weighted by molar-refractivity contribution is 1.18. The highest BCUT2D eigenvalue weighted by Gasteiger charge is 2.18. The van der Waals surface area contributed by atoms with E-state index in [0.717, 1.165) is 64.4 Å². The molecule has 0 aliphatic heterocycles. The first-order valence-corrected chi connectivity index (χ1v) is 14.9. The summed E-state index contributed by atoms with van der Waals surface area (Å²) in [5.41, 5.74) is 7.76. The van der Waals surface area contributed by atoms with Crippen LogP contribution in [0.4, 0.5) is 5.69 Å². The maximum absolute atomic E-state index is 10.3. The Balaban J connectivity index is 1.35. The zero-order valence-corrected chi connectivity index (χ0v) is 23.6. The van der Waals surface area contributed by atoms with E-state index in [0.29, 0.717) is 11.3 Å². The number of thiophene rings is 1. The van der Waals surface area contributed by atoms with Crippen molar-refractivity contribution in [1.29, 1.82) is 5.26 Å². The Labute approximate surface area is 250 Å². The maximum Gasteiger partial charge on any atom is 0.188 e. The molecule has 5 heteroatoms. The Hall–Kier alpha value is -5.88. The predicted molar refractivity (Wildman–Crippen MR) is 179 cm³/mol. The van der Waals surface area contributed by atoms with E-state index in [1.54, 1.807) is 11.3 Å². The molecule has 0 aliphatic carbocycles. The lowest BCUT2D eigenvalue weighted by atomic mass is 10.1. The highest BCUT2D eigenvalue weighted by atomic mass is 32.1. The molecule has 0 unspecified atom stereocenters. The molecule has 4 nitrogen and oxygen atoms in total. The van der Waals surface area contributed by atoms with E-state index in [-0.39, 0.29) is 0 Å². The van der Waals surface area contributed by atoms with E-state index >= 15 is 0 Å². The molecule has 0 saturated carbocycles. The molecule has 9 aromatic rings. The molecule has 3 aromatic heterocycles.